The Hall–Kier alpha value is -2.58. The average molecular weight is 411 g/mol. The van der Waals surface area contributed by atoms with Gasteiger partial charge in [0.05, 0.1) is 19.7 Å². The van der Waals surface area contributed by atoms with Crippen molar-refractivity contribution in [2.24, 2.45) is 0 Å². The van der Waals surface area contributed by atoms with E-state index in [9.17, 15) is 4.79 Å². The number of methoxy groups -OCH3 is 1. The molecule has 1 saturated carbocycles. The third-order valence-corrected chi connectivity index (χ3v) is 6.07. The maximum atomic E-state index is 12.8. The van der Waals surface area contributed by atoms with Crippen LogP contribution in [0.3, 0.4) is 0 Å². The number of nitrogens with one attached hydrogen (secondary N) is 1. The number of pyridine rings is 1. The molecule has 1 fully saturated rings. The van der Waals surface area contributed by atoms with Gasteiger partial charge in [0.25, 0.3) is 5.56 Å². The fourth-order valence-corrected chi connectivity index (χ4v) is 4.31. The second-order valence-electron chi connectivity index (χ2n) is 8.05. The molecule has 1 aliphatic rings. The molecule has 0 amide bonds. The summed E-state index contributed by atoms with van der Waals surface area (Å²) in [6.07, 6.45) is 5.71. The molecule has 0 bridgehead atoms. The molecule has 8 nitrogen and oxygen atoms in total. The molecule has 1 N–H and O–H groups in total. The van der Waals surface area contributed by atoms with Gasteiger partial charge in [0.2, 0.25) is 0 Å². The summed E-state index contributed by atoms with van der Waals surface area (Å²) in [6, 6.07) is 8.72. The molecular formula is C22H30N6O2. The van der Waals surface area contributed by atoms with E-state index in [1.165, 1.54) is 18.4 Å². The minimum atomic E-state index is -0.0197. The number of ether oxygens (including phenoxy) is 1. The molecule has 0 saturated heterocycles. The van der Waals surface area contributed by atoms with Gasteiger partial charge >= 0.3 is 0 Å². The molecule has 0 atom stereocenters. The number of fused-ring (bicyclic) bond motifs is 1. The van der Waals surface area contributed by atoms with Gasteiger partial charge in [-0.25, -0.2) is 4.68 Å². The van der Waals surface area contributed by atoms with E-state index >= 15 is 0 Å². The van der Waals surface area contributed by atoms with Gasteiger partial charge in [0, 0.05) is 30.8 Å². The summed E-state index contributed by atoms with van der Waals surface area (Å²) >= 11 is 0. The van der Waals surface area contributed by atoms with Gasteiger partial charge in [-0.15, -0.1) is 5.10 Å². The Morgan fingerprint density at radius 1 is 1.23 bits per heavy atom. The van der Waals surface area contributed by atoms with Crippen LogP contribution in [0, 0.1) is 0 Å². The number of hydrogen-bond donors (Lipinski definition) is 1. The van der Waals surface area contributed by atoms with E-state index < -0.39 is 0 Å². The van der Waals surface area contributed by atoms with Crippen molar-refractivity contribution in [1.82, 2.24) is 30.1 Å². The highest BCUT2D eigenvalue weighted by Gasteiger charge is 2.25. The second kappa shape index (κ2) is 9.49. The fourth-order valence-electron chi connectivity index (χ4n) is 4.31. The van der Waals surface area contributed by atoms with Gasteiger partial charge in [0.15, 0.2) is 5.82 Å². The first-order chi connectivity index (χ1) is 14.7. The summed E-state index contributed by atoms with van der Waals surface area (Å²) in [5.74, 6) is 0.810. The monoisotopic (exact) mass is 410 g/mol. The molecule has 30 heavy (non-hydrogen) atoms. The lowest BCUT2D eigenvalue weighted by molar-refractivity contribution is 0.162. The first-order valence-electron chi connectivity index (χ1n) is 10.8. The van der Waals surface area contributed by atoms with Gasteiger partial charge in [0.1, 0.15) is 0 Å². The third kappa shape index (κ3) is 4.60. The van der Waals surface area contributed by atoms with Crippen LogP contribution in [0.25, 0.3) is 10.9 Å². The summed E-state index contributed by atoms with van der Waals surface area (Å²) < 4.78 is 6.97. The Kier molecular flexibility index (Phi) is 6.54. The van der Waals surface area contributed by atoms with Gasteiger partial charge in [-0.1, -0.05) is 25.8 Å². The van der Waals surface area contributed by atoms with E-state index in [0.717, 1.165) is 41.6 Å². The largest absolute Gasteiger partial charge is 0.383 e. The molecular weight excluding hydrogens is 380 g/mol. The van der Waals surface area contributed by atoms with E-state index in [4.69, 9.17) is 4.74 Å². The lowest BCUT2D eigenvalue weighted by atomic mass is 10.1. The Morgan fingerprint density at radius 2 is 2.07 bits per heavy atom. The van der Waals surface area contributed by atoms with Crippen LogP contribution in [0.15, 0.2) is 29.1 Å². The first-order valence-corrected chi connectivity index (χ1v) is 10.8. The molecule has 0 radical (unpaired) electrons. The van der Waals surface area contributed by atoms with Crippen LogP contribution in [0.5, 0.6) is 0 Å². The normalized spacial score (nSPS) is 14.9. The van der Waals surface area contributed by atoms with Crippen LogP contribution in [-0.2, 0) is 30.8 Å². The van der Waals surface area contributed by atoms with E-state index in [2.05, 4.69) is 44.5 Å². The quantitative estimate of drug-likeness (QED) is 0.583. The van der Waals surface area contributed by atoms with Gasteiger partial charge < -0.3 is 9.72 Å². The zero-order valence-corrected chi connectivity index (χ0v) is 17.8. The molecule has 0 spiro atoms. The van der Waals surface area contributed by atoms with Crippen LogP contribution in [0.4, 0.5) is 0 Å². The summed E-state index contributed by atoms with van der Waals surface area (Å²) in [5, 5.41) is 13.3. The van der Waals surface area contributed by atoms with Crippen LogP contribution in [0.1, 0.15) is 49.6 Å². The number of tetrazole rings is 1. The summed E-state index contributed by atoms with van der Waals surface area (Å²) in [4.78, 5) is 18.2. The van der Waals surface area contributed by atoms with Crippen LogP contribution >= 0.6 is 0 Å². The molecule has 1 aliphatic carbocycles. The van der Waals surface area contributed by atoms with Crippen LogP contribution in [0.2, 0.25) is 0 Å². The summed E-state index contributed by atoms with van der Waals surface area (Å²) in [5.41, 5.74) is 2.93. The number of aromatic amines is 1. The van der Waals surface area contributed by atoms with Crippen molar-refractivity contribution >= 4 is 10.9 Å². The number of benzene rings is 1. The molecule has 2 heterocycles. The predicted molar refractivity (Wildman–Crippen MR) is 115 cm³/mol. The van der Waals surface area contributed by atoms with Crippen LogP contribution < -0.4 is 5.56 Å². The molecule has 0 aliphatic heterocycles. The van der Waals surface area contributed by atoms with Crippen molar-refractivity contribution in [2.75, 3.05) is 13.7 Å². The molecule has 160 valence electrons. The fraction of sp³-hybridized carbons (Fsp3) is 0.545. The van der Waals surface area contributed by atoms with Gasteiger partial charge in [-0.2, -0.15) is 0 Å². The Bertz CT molecular complexity index is 1040. The number of rotatable bonds is 9. The summed E-state index contributed by atoms with van der Waals surface area (Å²) in [7, 11) is 1.67. The van der Waals surface area contributed by atoms with Gasteiger partial charge in [-0.3, -0.25) is 9.69 Å². The lowest BCUT2D eigenvalue weighted by Gasteiger charge is -2.28. The Morgan fingerprint density at radius 3 is 2.83 bits per heavy atom. The SMILES string of the molecule is CCc1ccc2[nH]c(=O)c(CN(Cc3nnnn3CCOC)C3CCCC3)cc2c1. The number of aromatic nitrogens is 5. The van der Waals surface area contributed by atoms with Crippen LogP contribution in [-0.4, -0.2) is 49.8 Å². The van der Waals surface area contributed by atoms with E-state index in [1.807, 2.05) is 12.1 Å². The van der Waals surface area contributed by atoms with Crippen molar-refractivity contribution in [3.63, 3.8) is 0 Å². The molecule has 3 aromatic rings. The lowest BCUT2D eigenvalue weighted by Crippen LogP contribution is -2.35. The van der Waals surface area contributed by atoms with Crippen molar-refractivity contribution in [3.05, 3.63) is 51.6 Å². The Balaban J connectivity index is 1.61. The van der Waals surface area contributed by atoms with E-state index in [0.29, 0.717) is 32.3 Å². The second-order valence-corrected chi connectivity index (χ2v) is 8.05. The minimum absolute atomic E-state index is 0.0197. The van der Waals surface area contributed by atoms with E-state index in [1.54, 1.807) is 11.8 Å². The van der Waals surface area contributed by atoms with Crippen molar-refractivity contribution in [2.45, 2.75) is 64.7 Å². The average Bonchev–Trinajstić information content (AvgIpc) is 3.44. The smallest absolute Gasteiger partial charge is 0.252 e. The number of aryl methyl sites for hydroxylation is 1. The zero-order chi connectivity index (χ0) is 20.9. The highest BCUT2D eigenvalue weighted by Crippen LogP contribution is 2.26. The maximum Gasteiger partial charge on any atom is 0.252 e. The van der Waals surface area contributed by atoms with Gasteiger partial charge in [-0.05, 0) is 58.8 Å². The first kappa shape index (κ1) is 20.7. The zero-order valence-electron chi connectivity index (χ0n) is 17.8. The van der Waals surface area contributed by atoms with Crippen molar-refractivity contribution < 1.29 is 4.74 Å². The molecule has 1 aromatic carbocycles. The van der Waals surface area contributed by atoms with Crippen molar-refractivity contribution in [1.29, 1.82) is 0 Å². The maximum absolute atomic E-state index is 12.8. The molecule has 4 rings (SSSR count). The Labute approximate surface area is 176 Å². The van der Waals surface area contributed by atoms with Crippen molar-refractivity contribution in [3.8, 4) is 0 Å². The highest BCUT2D eigenvalue weighted by atomic mass is 16.5. The third-order valence-electron chi connectivity index (χ3n) is 6.07. The molecule has 8 heteroatoms. The number of H-pyrrole nitrogens is 1. The summed E-state index contributed by atoms with van der Waals surface area (Å²) in [6.45, 7) is 4.53. The minimum Gasteiger partial charge on any atom is -0.383 e. The number of nitrogens with zero attached hydrogens (tertiary/aromatic N) is 5. The highest BCUT2D eigenvalue weighted by molar-refractivity contribution is 5.79. The standard InChI is InChI=1S/C22H30N6O2/c1-3-16-8-9-20-17(12-16)13-18(22(29)23-20)14-27(19-6-4-5-7-19)15-21-24-25-26-28(21)10-11-30-2/h8-9,12-13,19H,3-7,10-11,14-15H2,1-2H3,(H,23,29). The predicted octanol–water partition coefficient (Wildman–Crippen LogP) is 2.67. The molecule has 0 unspecified atom stereocenters. The van der Waals surface area contributed by atoms with E-state index in [-0.39, 0.29) is 5.56 Å². The number of hydrogen-bond acceptors (Lipinski definition) is 6. The topological polar surface area (TPSA) is 88.9 Å². The molecule has 2 aromatic heterocycles.